The molecule has 1 aromatic rings. The molecule has 0 N–H and O–H groups in total. The molecule has 98 valence electrons. The summed E-state index contributed by atoms with van der Waals surface area (Å²) in [6, 6.07) is 5.50. The minimum atomic E-state index is 0.607. The molecular weight excluding hydrogens is 250 g/mol. The Morgan fingerprint density at radius 3 is 2.78 bits per heavy atom. The van der Waals surface area contributed by atoms with Gasteiger partial charge in [0.05, 0.1) is 0 Å². The summed E-state index contributed by atoms with van der Waals surface area (Å²) in [7, 11) is 1.75. The third-order valence-electron chi connectivity index (χ3n) is 3.47. The van der Waals surface area contributed by atoms with E-state index in [1.165, 1.54) is 0 Å². The molecule has 2 rings (SSSR count). The fourth-order valence-corrected chi connectivity index (χ4v) is 2.66. The zero-order valence-corrected chi connectivity index (χ0v) is 11.3. The normalized spacial score (nSPS) is 16.9. The molecule has 0 spiro atoms. The first-order valence-corrected chi connectivity index (χ1v) is 6.61. The van der Waals surface area contributed by atoms with Gasteiger partial charge in [0.15, 0.2) is 6.29 Å². The zero-order chi connectivity index (χ0) is 13.0. The van der Waals surface area contributed by atoms with Gasteiger partial charge in [-0.3, -0.25) is 4.79 Å². The number of aldehydes is 1. The summed E-state index contributed by atoms with van der Waals surface area (Å²) in [6.07, 6.45) is 3.09. The van der Waals surface area contributed by atoms with Gasteiger partial charge in [-0.05, 0) is 37.0 Å². The van der Waals surface area contributed by atoms with Crippen molar-refractivity contribution in [1.29, 1.82) is 0 Å². The SMILES string of the molecule is COCC1CCN(c2ccc(Cl)cc2C=O)CC1. The quantitative estimate of drug-likeness (QED) is 0.786. The van der Waals surface area contributed by atoms with Crippen molar-refractivity contribution in [1.82, 2.24) is 0 Å². The summed E-state index contributed by atoms with van der Waals surface area (Å²) in [5.41, 5.74) is 1.66. The van der Waals surface area contributed by atoms with Crippen molar-refractivity contribution in [2.24, 2.45) is 5.92 Å². The lowest BCUT2D eigenvalue weighted by molar-refractivity contribution is 0.112. The number of piperidine rings is 1. The van der Waals surface area contributed by atoms with Crippen molar-refractivity contribution >= 4 is 23.6 Å². The van der Waals surface area contributed by atoms with Gasteiger partial charge in [0.25, 0.3) is 0 Å². The Balaban J connectivity index is 2.07. The van der Waals surface area contributed by atoms with Gasteiger partial charge in [-0.25, -0.2) is 0 Å². The van der Waals surface area contributed by atoms with Crippen molar-refractivity contribution in [3.63, 3.8) is 0 Å². The Kier molecular flexibility index (Phi) is 4.61. The molecular formula is C14H18ClNO2. The minimum Gasteiger partial charge on any atom is -0.384 e. The molecule has 0 radical (unpaired) electrons. The van der Waals surface area contributed by atoms with Crippen LogP contribution in [0.3, 0.4) is 0 Å². The maximum atomic E-state index is 11.1. The summed E-state index contributed by atoms with van der Waals surface area (Å²) >= 11 is 5.90. The maximum Gasteiger partial charge on any atom is 0.152 e. The van der Waals surface area contributed by atoms with Crippen LogP contribution < -0.4 is 4.90 Å². The molecule has 1 saturated heterocycles. The van der Waals surface area contributed by atoms with E-state index in [1.54, 1.807) is 13.2 Å². The van der Waals surface area contributed by atoms with Crippen molar-refractivity contribution in [2.45, 2.75) is 12.8 Å². The van der Waals surface area contributed by atoms with Crippen molar-refractivity contribution in [3.8, 4) is 0 Å². The molecule has 1 aliphatic heterocycles. The number of halogens is 1. The van der Waals surface area contributed by atoms with Crippen LogP contribution in [0.1, 0.15) is 23.2 Å². The average molecular weight is 268 g/mol. The largest absolute Gasteiger partial charge is 0.384 e. The summed E-state index contributed by atoms with van der Waals surface area (Å²) in [6.45, 7) is 2.77. The second-order valence-corrected chi connectivity index (χ2v) is 5.14. The molecule has 1 aromatic carbocycles. The predicted octanol–water partition coefficient (Wildman–Crippen LogP) is 3.02. The van der Waals surface area contributed by atoms with Gasteiger partial charge in [0.1, 0.15) is 0 Å². The first kappa shape index (κ1) is 13.4. The van der Waals surface area contributed by atoms with E-state index in [0.29, 0.717) is 16.5 Å². The van der Waals surface area contributed by atoms with Crippen LogP contribution in [0.25, 0.3) is 0 Å². The van der Waals surface area contributed by atoms with E-state index >= 15 is 0 Å². The van der Waals surface area contributed by atoms with E-state index in [9.17, 15) is 4.79 Å². The number of carbonyl (C=O) groups excluding carboxylic acids is 1. The smallest absolute Gasteiger partial charge is 0.152 e. The number of hydrogen-bond donors (Lipinski definition) is 0. The number of methoxy groups -OCH3 is 1. The molecule has 0 aliphatic carbocycles. The molecule has 1 aliphatic rings. The lowest BCUT2D eigenvalue weighted by atomic mass is 9.97. The maximum absolute atomic E-state index is 11.1. The van der Waals surface area contributed by atoms with Crippen molar-refractivity contribution in [2.75, 3.05) is 31.7 Å². The predicted molar refractivity (Wildman–Crippen MR) is 73.7 cm³/mol. The Labute approximate surface area is 113 Å². The molecule has 18 heavy (non-hydrogen) atoms. The molecule has 0 bridgehead atoms. The van der Waals surface area contributed by atoms with Gasteiger partial charge in [-0.2, -0.15) is 0 Å². The Morgan fingerprint density at radius 2 is 2.17 bits per heavy atom. The van der Waals surface area contributed by atoms with E-state index in [0.717, 1.165) is 44.5 Å². The average Bonchev–Trinajstić information content (AvgIpc) is 2.40. The van der Waals surface area contributed by atoms with Gasteiger partial charge in [0, 0.05) is 43.1 Å². The molecule has 1 heterocycles. The van der Waals surface area contributed by atoms with Gasteiger partial charge in [-0.15, -0.1) is 0 Å². The molecule has 1 fully saturated rings. The second kappa shape index (κ2) is 6.21. The molecule has 3 nitrogen and oxygen atoms in total. The fraction of sp³-hybridized carbons (Fsp3) is 0.500. The van der Waals surface area contributed by atoms with Crippen LogP contribution in [-0.2, 0) is 4.74 Å². The third kappa shape index (κ3) is 3.03. The van der Waals surface area contributed by atoms with Crippen LogP contribution in [0.5, 0.6) is 0 Å². The van der Waals surface area contributed by atoms with E-state index in [2.05, 4.69) is 4.90 Å². The number of ether oxygens (including phenoxy) is 1. The van der Waals surface area contributed by atoms with E-state index in [1.807, 2.05) is 12.1 Å². The fourth-order valence-electron chi connectivity index (χ4n) is 2.48. The minimum absolute atomic E-state index is 0.607. The van der Waals surface area contributed by atoms with Crippen LogP contribution >= 0.6 is 11.6 Å². The zero-order valence-electron chi connectivity index (χ0n) is 10.6. The van der Waals surface area contributed by atoms with Gasteiger partial charge in [0.2, 0.25) is 0 Å². The van der Waals surface area contributed by atoms with E-state index in [4.69, 9.17) is 16.3 Å². The molecule has 0 aromatic heterocycles. The Hall–Kier alpha value is -1.06. The number of hydrogen-bond acceptors (Lipinski definition) is 3. The standard InChI is InChI=1S/C14H18ClNO2/c1-18-10-11-4-6-16(7-5-11)14-3-2-13(15)8-12(14)9-17/h2-3,8-9,11H,4-7,10H2,1H3. The summed E-state index contributed by atoms with van der Waals surface area (Å²) < 4.78 is 5.19. The first-order chi connectivity index (χ1) is 8.74. The lowest BCUT2D eigenvalue weighted by Crippen LogP contribution is -2.35. The number of nitrogens with zero attached hydrogens (tertiary/aromatic N) is 1. The number of benzene rings is 1. The molecule has 0 unspecified atom stereocenters. The van der Waals surface area contributed by atoms with Crippen LogP contribution in [0.15, 0.2) is 18.2 Å². The van der Waals surface area contributed by atoms with Crippen LogP contribution in [0, 0.1) is 5.92 Å². The number of anilines is 1. The summed E-state index contributed by atoms with van der Waals surface area (Å²) in [4.78, 5) is 13.3. The van der Waals surface area contributed by atoms with Crippen LogP contribution in [-0.4, -0.2) is 33.1 Å². The van der Waals surface area contributed by atoms with Gasteiger partial charge in [-0.1, -0.05) is 11.6 Å². The summed E-state index contributed by atoms with van der Waals surface area (Å²) in [5, 5.41) is 0.607. The molecule has 0 saturated carbocycles. The summed E-state index contributed by atoms with van der Waals surface area (Å²) in [5.74, 6) is 0.637. The van der Waals surface area contributed by atoms with E-state index < -0.39 is 0 Å². The topological polar surface area (TPSA) is 29.5 Å². The monoisotopic (exact) mass is 267 g/mol. The lowest BCUT2D eigenvalue weighted by Gasteiger charge is -2.34. The Bertz CT molecular complexity index is 414. The number of rotatable bonds is 4. The van der Waals surface area contributed by atoms with Crippen molar-refractivity contribution in [3.05, 3.63) is 28.8 Å². The highest BCUT2D eigenvalue weighted by Crippen LogP contribution is 2.27. The molecule has 4 heteroatoms. The van der Waals surface area contributed by atoms with Crippen LogP contribution in [0.2, 0.25) is 5.02 Å². The molecule has 0 amide bonds. The highest BCUT2D eigenvalue weighted by atomic mass is 35.5. The molecule has 0 atom stereocenters. The highest BCUT2D eigenvalue weighted by Gasteiger charge is 2.20. The van der Waals surface area contributed by atoms with Crippen LogP contribution in [0.4, 0.5) is 5.69 Å². The van der Waals surface area contributed by atoms with Gasteiger partial charge < -0.3 is 9.64 Å². The first-order valence-electron chi connectivity index (χ1n) is 6.23. The third-order valence-corrected chi connectivity index (χ3v) is 3.71. The van der Waals surface area contributed by atoms with Crippen molar-refractivity contribution < 1.29 is 9.53 Å². The second-order valence-electron chi connectivity index (χ2n) is 4.71. The highest BCUT2D eigenvalue weighted by molar-refractivity contribution is 6.31. The Morgan fingerprint density at radius 1 is 1.44 bits per heavy atom. The van der Waals surface area contributed by atoms with E-state index in [-0.39, 0.29) is 0 Å². The van der Waals surface area contributed by atoms with Gasteiger partial charge >= 0.3 is 0 Å². The number of carbonyl (C=O) groups is 1.